The van der Waals surface area contributed by atoms with Gasteiger partial charge in [0.05, 0.1) is 0 Å². The summed E-state index contributed by atoms with van der Waals surface area (Å²) in [5.41, 5.74) is 0. The molecule has 1 aromatic rings. The van der Waals surface area contributed by atoms with Gasteiger partial charge in [0.25, 0.3) is 0 Å². The van der Waals surface area contributed by atoms with Crippen molar-refractivity contribution in [2.45, 2.75) is 45.0 Å². The van der Waals surface area contributed by atoms with Crippen LogP contribution in [0.15, 0.2) is 6.33 Å². The lowest BCUT2D eigenvalue weighted by atomic mass is 9.94. The van der Waals surface area contributed by atoms with Crippen LogP contribution in [0, 0.1) is 11.8 Å². The van der Waals surface area contributed by atoms with Crippen molar-refractivity contribution in [1.29, 1.82) is 0 Å². The van der Waals surface area contributed by atoms with Crippen LogP contribution in [0.25, 0.3) is 0 Å². The molecule has 0 aliphatic heterocycles. The first-order valence-electron chi connectivity index (χ1n) is 5.73. The summed E-state index contributed by atoms with van der Waals surface area (Å²) in [7, 11) is 0. The molecule has 0 aromatic carbocycles. The van der Waals surface area contributed by atoms with Crippen molar-refractivity contribution >= 4 is 11.6 Å². The van der Waals surface area contributed by atoms with Crippen LogP contribution < -0.4 is 0 Å². The molecule has 0 saturated heterocycles. The molecule has 1 aromatic heterocycles. The molecule has 84 valence electrons. The molecule has 0 radical (unpaired) electrons. The minimum Gasteiger partial charge on any atom is -0.250 e. The Bertz CT molecular complexity index is 323. The average Bonchev–Trinajstić information content (AvgIpc) is 2.80. The van der Waals surface area contributed by atoms with E-state index in [-0.39, 0.29) is 0 Å². The van der Waals surface area contributed by atoms with Crippen molar-refractivity contribution in [2.75, 3.05) is 0 Å². The van der Waals surface area contributed by atoms with Crippen LogP contribution in [-0.4, -0.2) is 20.1 Å². The largest absolute Gasteiger partial charge is 0.250 e. The fraction of sp³-hybridized carbons (Fsp3) is 0.818. The minimum absolute atomic E-state index is 0.355. The molecule has 1 aliphatic carbocycles. The standard InChI is InChI=1S/C11H18ClN3/c1-3-15-11(13-7-14-15)6-9-4-5-10(12)8(9)2/h7-10H,3-6H2,1-2H3. The molecule has 1 fully saturated rings. The summed E-state index contributed by atoms with van der Waals surface area (Å²) in [6.07, 6.45) is 5.05. The molecule has 1 saturated carbocycles. The highest BCUT2D eigenvalue weighted by Crippen LogP contribution is 2.36. The number of rotatable bonds is 3. The van der Waals surface area contributed by atoms with Crippen LogP contribution in [0.1, 0.15) is 32.5 Å². The molecular formula is C11H18ClN3. The van der Waals surface area contributed by atoms with Gasteiger partial charge in [0.15, 0.2) is 0 Å². The first-order valence-corrected chi connectivity index (χ1v) is 6.16. The summed E-state index contributed by atoms with van der Waals surface area (Å²) < 4.78 is 1.98. The number of alkyl halides is 1. The summed E-state index contributed by atoms with van der Waals surface area (Å²) >= 11 is 6.23. The van der Waals surface area contributed by atoms with Gasteiger partial charge in [-0.25, -0.2) is 4.98 Å². The third kappa shape index (κ3) is 2.17. The van der Waals surface area contributed by atoms with Crippen molar-refractivity contribution in [3.8, 4) is 0 Å². The van der Waals surface area contributed by atoms with E-state index in [0.29, 0.717) is 17.2 Å². The van der Waals surface area contributed by atoms with Gasteiger partial charge < -0.3 is 0 Å². The highest BCUT2D eigenvalue weighted by molar-refractivity contribution is 6.20. The topological polar surface area (TPSA) is 30.7 Å². The van der Waals surface area contributed by atoms with Crippen molar-refractivity contribution in [3.05, 3.63) is 12.2 Å². The van der Waals surface area contributed by atoms with Crippen molar-refractivity contribution in [2.24, 2.45) is 11.8 Å². The van der Waals surface area contributed by atoms with Gasteiger partial charge in [-0.3, -0.25) is 4.68 Å². The molecule has 15 heavy (non-hydrogen) atoms. The van der Waals surface area contributed by atoms with Gasteiger partial charge in [0, 0.05) is 18.3 Å². The van der Waals surface area contributed by atoms with Crippen LogP contribution in [0.5, 0.6) is 0 Å². The summed E-state index contributed by atoms with van der Waals surface area (Å²) in [5.74, 6) is 2.40. The summed E-state index contributed by atoms with van der Waals surface area (Å²) in [5, 5.41) is 4.55. The summed E-state index contributed by atoms with van der Waals surface area (Å²) in [4.78, 5) is 4.32. The maximum Gasteiger partial charge on any atom is 0.138 e. The van der Waals surface area contributed by atoms with Crippen molar-refractivity contribution in [3.63, 3.8) is 0 Å². The Morgan fingerprint density at radius 1 is 1.53 bits per heavy atom. The molecule has 1 heterocycles. The zero-order valence-corrected chi connectivity index (χ0v) is 10.1. The molecule has 4 heteroatoms. The SMILES string of the molecule is CCn1ncnc1CC1CCC(Cl)C1C. The Labute approximate surface area is 95.8 Å². The fourth-order valence-electron chi connectivity index (χ4n) is 2.43. The van der Waals surface area contributed by atoms with Crippen LogP contribution in [0.4, 0.5) is 0 Å². The quantitative estimate of drug-likeness (QED) is 0.743. The molecule has 2 rings (SSSR count). The Kier molecular flexibility index (Phi) is 3.29. The highest BCUT2D eigenvalue weighted by atomic mass is 35.5. The third-order valence-corrected chi connectivity index (χ3v) is 4.18. The van der Waals surface area contributed by atoms with Gasteiger partial charge in [-0.15, -0.1) is 11.6 Å². The third-order valence-electron chi connectivity index (χ3n) is 3.57. The van der Waals surface area contributed by atoms with Crippen LogP contribution in [0.2, 0.25) is 0 Å². The van der Waals surface area contributed by atoms with Crippen LogP contribution in [-0.2, 0) is 13.0 Å². The number of nitrogens with zero attached hydrogens (tertiary/aromatic N) is 3. The van der Waals surface area contributed by atoms with Crippen LogP contribution >= 0.6 is 11.6 Å². The predicted molar refractivity (Wildman–Crippen MR) is 60.9 cm³/mol. The Morgan fingerprint density at radius 3 is 2.93 bits per heavy atom. The van der Waals surface area contributed by atoms with Gasteiger partial charge in [0.1, 0.15) is 12.2 Å². The molecule has 0 bridgehead atoms. The number of hydrogen-bond acceptors (Lipinski definition) is 2. The van der Waals surface area contributed by atoms with E-state index in [4.69, 9.17) is 11.6 Å². The smallest absolute Gasteiger partial charge is 0.138 e. The summed E-state index contributed by atoms with van der Waals surface area (Å²) in [6.45, 7) is 5.25. The lowest BCUT2D eigenvalue weighted by Crippen LogP contribution is -2.16. The van der Waals surface area contributed by atoms with Crippen molar-refractivity contribution in [1.82, 2.24) is 14.8 Å². The number of aryl methyl sites for hydroxylation is 1. The zero-order valence-electron chi connectivity index (χ0n) is 9.36. The average molecular weight is 228 g/mol. The second-order valence-corrected chi connectivity index (χ2v) is 4.97. The lowest BCUT2D eigenvalue weighted by Gasteiger charge is -2.16. The minimum atomic E-state index is 0.355. The lowest BCUT2D eigenvalue weighted by molar-refractivity contribution is 0.401. The van der Waals surface area contributed by atoms with Gasteiger partial charge in [-0.05, 0) is 31.6 Å². The van der Waals surface area contributed by atoms with E-state index in [1.807, 2.05) is 4.68 Å². The van der Waals surface area contributed by atoms with Gasteiger partial charge >= 0.3 is 0 Å². The van der Waals surface area contributed by atoms with E-state index in [1.54, 1.807) is 6.33 Å². The molecule has 3 atom stereocenters. The normalized spacial score (nSPS) is 31.0. The molecule has 0 spiro atoms. The second kappa shape index (κ2) is 4.52. The van der Waals surface area contributed by atoms with Gasteiger partial charge in [0.2, 0.25) is 0 Å². The first kappa shape index (κ1) is 10.9. The molecular weight excluding hydrogens is 210 g/mol. The first-order chi connectivity index (χ1) is 7.22. The highest BCUT2D eigenvalue weighted by Gasteiger charge is 2.32. The van der Waals surface area contributed by atoms with Gasteiger partial charge in [-0.2, -0.15) is 5.10 Å². The Morgan fingerprint density at radius 2 is 2.33 bits per heavy atom. The van der Waals surface area contributed by atoms with E-state index < -0.39 is 0 Å². The Hall–Kier alpha value is -0.570. The maximum atomic E-state index is 6.23. The monoisotopic (exact) mass is 227 g/mol. The molecule has 3 nitrogen and oxygen atoms in total. The Balaban J connectivity index is 2.03. The number of halogens is 1. The second-order valence-electron chi connectivity index (χ2n) is 4.41. The molecule has 1 aliphatic rings. The van der Waals surface area contributed by atoms with E-state index in [1.165, 1.54) is 6.42 Å². The fourth-order valence-corrected chi connectivity index (χ4v) is 2.76. The van der Waals surface area contributed by atoms with E-state index >= 15 is 0 Å². The van der Waals surface area contributed by atoms with Gasteiger partial charge in [-0.1, -0.05) is 6.92 Å². The molecule has 0 amide bonds. The van der Waals surface area contributed by atoms with Crippen LogP contribution in [0.3, 0.4) is 0 Å². The number of aromatic nitrogens is 3. The molecule has 0 N–H and O–H groups in total. The maximum absolute atomic E-state index is 6.23. The van der Waals surface area contributed by atoms with E-state index in [0.717, 1.165) is 25.2 Å². The zero-order chi connectivity index (χ0) is 10.8. The van der Waals surface area contributed by atoms with E-state index in [9.17, 15) is 0 Å². The number of hydrogen-bond donors (Lipinski definition) is 0. The van der Waals surface area contributed by atoms with E-state index in [2.05, 4.69) is 23.9 Å². The molecule has 3 unspecified atom stereocenters. The van der Waals surface area contributed by atoms with Crippen molar-refractivity contribution < 1.29 is 0 Å². The predicted octanol–water partition coefficient (Wildman–Crippen LogP) is 2.49. The summed E-state index contributed by atoms with van der Waals surface area (Å²) in [6, 6.07) is 0.